The third kappa shape index (κ3) is 3.89. The first-order valence-electron chi connectivity index (χ1n) is 10.6. The number of nitrogens with two attached hydrogens (primary N) is 2. The standard InChI is InChI=1S/C27H20N4O2S/c28-23-22-19(16-9-3-1-4-10-16)15-21(17-11-5-2-6-12-17)31-27(22)34-24(23)26(33)30-20-14-8-7-13-18(20)25(29)32/h1-15H,28H2,(H2,29,32)(H,30,33). The van der Waals surface area contributed by atoms with E-state index in [0.717, 1.165) is 27.8 Å². The second kappa shape index (κ2) is 8.80. The molecule has 0 fully saturated rings. The smallest absolute Gasteiger partial charge is 0.267 e. The van der Waals surface area contributed by atoms with Crippen LogP contribution in [0.25, 0.3) is 32.6 Å². The van der Waals surface area contributed by atoms with Gasteiger partial charge in [0.05, 0.1) is 22.6 Å². The Kier molecular flexibility index (Phi) is 5.53. The molecule has 3 aromatic carbocycles. The number of para-hydroxylation sites is 1. The maximum absolute atomic E-state index is 13.2. The lowest BCUT2D eigenvalue weighted by Crippen LogP contribution is -2.18. The molecule has 0 unspecified atom stereocenters. The SMILES string of the molecule is NC(=O)c1ccccc1NC(=O)c1sc2nc(-c3ccccc3)cc(-c3ccccc3)c2c1N. The Labute approximate surface area is 199 Å². The van der Waals surface area contributed by atoms with Crippen molar-refractivity contribution in [3.8, 4) is 22.4 Å². The predicted molar refractivity (Wildman–Crippen MR) is 138 cm³/mol. The van der Waals surface area contributed by atoms with Crippen LogP contribution in [-0.4, -0.2) is 16.8 Å². The van der Waals surface area contributed by atoms with Crippen LogP contribution in [0, 0.1) is 0 Å². The van der Waals surface area contributed by atoms with Crippen molar-refractivity contribution in [1.82, 2.24) is 4.98 Å². The molecule has 166 valence electrons. The molecule has 0 bridgehead atoms. The third-order valence-electron chi connectivity index (χ3n) is 5.50. The molecular weight excluding hydrogens is 444 g/mol. The van der Waals surface area contributed by atoms with Gasteiger partial charge in [-0.1, -0.05) is 72.8 Å². The number of nitrogen functional groups attached to an aromatic ring is 1. The van der Waals surface area contributed by atoms with Crippen LogP contribution < -0.4 is 16.8 Å². The highest BCUT2D eigenvalue weighted by molar-refractivity contribution is 7.21. The molecule has 0 spiro atoms. The normalized spacial score (nSPS) is 10.8. The molecule has 34 heavy (non-hydrogen) atoms. The number of benzene rings is 3. The van der Waals surface area contributed by atoms with E-state index in [2.05, 4.69) is 5.32 Å². The summed E-state index contributed by atoms with van der Waals surface area (Å²) in [5.41, 5.74) is 16.5. The molecule has 0 aliphatic carbocycles. The van der Waals surface area contributed by atoms with E-state index >= 15 is 0 Å². The summed E-state index contributed by atoms with van der Waals surface area (Å²) in [5.74, 6) is -1.05. The summed E-state index contributed by atoms with van der Waals surface area (Å²) in [4.78, 5) is 30.8. The molecular formula is C27H20N4O2S. The molecule has 5 N–H and O–H groups in total. The molecule has 2 aromatic heterocycles. The largest absolute Gasteiger partial charge is 0.397 e. The number of nitrogens with one attached hydrogen (secondary N) is 1. The number of nitrogens with zero attached hydrogens (tertiary/aromatic N) is 1. The molecule has 0 aliphatic rings. The van der Waals surface area contributed by atoms with E-state index in [0.29, 0.717) is 21.1 Å². The van der Waals surface area contributed by atoms with Gasteiger partial charge in [0.1, 0.15) is 9.71 Å². The Morgan fingerprint density at radius 3 is 2.12 bits per heavy atom. The van der Waals surface area contributed by atoms with Gasteiger partial charge < -0.3 is 16.8 Å². The first-order chi connectivity index (χ1) is 16.5. The van der Waals surface area contributed by atoms with Crippen LogP contribution in [0.4, 0.5) is 11.4 Å². The molecule has 0 saturated heterocycles. The number of hydrogen-bond donors (Lipinski definition) is 3. The number of hydrogen-bond acceptors (Lipinski definition) is 5. The minimum absolute atomic E-state index is 0.227. The van der Waals surface area contributed by atoms with Crippen molar-refractivity contribution in [3.63, 3.8) is 0 Å². The molecule has 7 heteroatoms. The lowest BCUT2D eigenvalue weighted by atomic mass is 9.99. The van der Waals surface area contributed by atoms with Gasteiger partial charge in [0.25, 0.3) is 11.8 Å². The summed E-state index contributed by atoms with van der Waals surface area (Å²) in [6.07, 6.45) is 0. The van der Waals surface area contributed by atoms with Gasteiger partial charge in [0, 0.05) is 10.9 Å². The molecule has 5 rings (SSSR count). The van der Waals surface area contributed by atoms with Crippen LogP contribution >= 0.6 is 11.3 Å². The second-order valence-corrected chi connectivity index (χ2v) is 8.68. The van der Waals surface area contributed by atoms with E-state index in [1.807, 2.05) is 66.7 Å². The zero-order chi connectivity index (χ0) is 23.7. The third-order valence-corrected chi connectivity index (χ3v) is 6.60. The van der Waals surface area contributed by atoms with Crippen molar-refractivity contribution in [2.75, 3.05) is 11.1 Å². The molecule has 0 saturated carbocycles. The number of pyridine rings is 1. The summed E-state index contributed by atoms with van der Waals surface area (Å²) >= 11 is 1.22. The summed E-state index contributed by atoms with van der Waals surface area (Å²) in [7, 11) is 0. The molecule has 0 radical (unpaired) electrons. The number of carbonyl (C=O) groups is 2. The number of thiophene rings is 1. The Morgan fingerprint density at radius 1 is 0.824 bits per heavy atom. The fraction of sp³-hybridized carbons (Fsp3) is 0. The fourth-order valence-corrected chi connectivity index (χ4v) is 4.89. The average molecular weight is 465 g/mol. The molecule has 2 amide bonds. The van der Waals surface area contributed by atoms with Gasteiger partial charge >= 0.3 is 0 Å². The highest BCUT2D eigenvalue weighted by Crippen LogP contribution is 2.41. The van der Waals surface area contributed by atoms with Gasteiger partial charge in [-0.2, -0.15) is 0 Å². The van der Waals surface area contributed by atoms with Crippen molar-refractivity contribution < 1.29 is 9.59 Å². The monoisotopic (exact) mass is 464 g/mol. The number of fused-ring (bicyclic) bond motifs is 1. The van der Waals surface area contributed by atoms with Gasteiger partial charge in [-0.25, -0.2) is 4.98 Å². The van der Waals surface area contributed by atoms with Crippen molar-refractivity contribution in [2.45, 2.75) is 0 Å². The maximum Gasteiger partial charge on any atom is 0.267 e. The Bertz CT molecular complexity index is 1530. The zero-order valence-electron chi connectivity index (χ0n) is 18.0. The van der Waals surface area contributed by atoms with E-state index < -0.39 is 11.8 Å². The average Bonchev–Trinajstić information content (AvgIpc) is 3.21. The lowest BCUT2D eigenvalue weighted by molar-refractivity contribution is 0.100. The van der Waals surface area contributed by atoms with E-state index in [4.69, 9.17) is 16.5 Å². The molecule has 5 aromatic rings. The molecule has 6 nitrogen and oxygen atoms in total. The predicted octanol–water partition coefficient (Wildman–Crippen LogP) is 5.56. The van der Waals surface area contributed by atoms with Gasteiger partial charge in [-0.05, 0) is 29.3 Å². The van der Waals surface area contributed by atoms with Crippen LogP contribution in [0.15, 0.2) is 91.0 Å². The van der Waals surface area contributed by atoms with Crippen LogP contribution in [-0.2, 0) is 0 Å². The number of anilines is 2. The van der Waals surface area contributed by atoms with Crippen LogP contribution in [0.1, 0.15) is 20.0 Å². The fourth-order valence-electron chi connectivity index (χ4n) is 3.88. The number of rotatable bonds is 5. The van der Waals surface area contributed by atoms with Gasteiger partial charge in [0.2, 0.25) is 0 Å². The van der Waals surface area contributed by atoms with E-state index in [1.165, 1.54) is 11.3 Å². The van der Waals surface area contributed by atoms with Crippen LogP contribution in [0.5, 0.6) is 0 Å². The van der Waals surface area contributed by atoms with Crippen molar-refractivity contribution >= 4 is 44.7 Å². The van der Waals surface area contributed by atoms with E-state index in [9.17, 15) is 9.59 Å². The first-order valence-corrected chi connectivity index (χ1v) is 11.4. The van der Waals surface area contributed by atoms with Gasteiger partial charge in [-0.3, -0.25) is 9.59 Å². The zero-order valence-corrected chi connectivity index (χ0v) is 18.8. The highest BCUT2D eigenvalue weighted by Gasteiger charge is 2.22. The molecule has 2 heterocycles. The quantitative estimate of drug-likeness (QED) is 0.316. The molecule has 0 atom stereocenters. The Hall–Kier alpha value is -4.49. The Morgan fingerprint density at radius 2 is 1.44 bits per heavy atom. The highest BCUT2D eigenvalue weighted by atomic mass is 32.1. The first kappa shape index (κ1) is 21.4. The summed E-state index contributed by atoms with van der Waals surface area (Å²) in [5, 5.41) is 3.50. The van der Waals surface area contributed by atoms with Gasteiger partial charge in [0.15, 0.2) is 0 Å². The molecule has 0 aliphatic heterocycles. The minimum atomic E-state index is -0.624. The summed E-state index contributed by atoms with van der Waals surface area (Å²) in [6, 6.07) is 28.3. The second-order valence-electron chi connectivity index (χ2n) is 7.68. The van der Waals surface area contributed by atoms with Gasteiger partial charge in [-0.15, -0.1) is 11.3 Å². The number of amides is 2. The van der Waals surface area contributed by atoms with Crippen molar-refractivity contribution in [3.05, 3.63) is 101 Å². The summed E-state index contributed by atoms with van der Waals surface area (Å²) < 4.78 is 0. The Balaban J connectivity index is 1.66. The summed E-state index contributed by atoms with van der Waals surface area (Å²) in [6.45, 7) is 0. The van der Waals surface area contributed by atoms with Crippen LogP contribution in [0.2, 0.25) is 0 Å². The number of carbonyl (C=O) groups excluding carboxylic acids is 2. The van der Waals surface area contributed by atoms with E-state index in [1.54, 1.807) is 24.3 Å². The maximum atomic E-state index is 13.2. The topological polar surface area (TPSA) is 111 Å². The minimum Gasteiger partial charge on any atom is -0.397 e. The van der Waals surface area contributed by atoms with Crippen LogP contribution in [0.3, 0.4) is 0 Å². The van der Waals surface area contributed by atoms with Crippen molar-refractivity contribution in [1.29, 1.82) is 0 Å². The number of primary amides is 1. The van der Waals surface area contributed by atoms with Crippen molar-refractivity contribution in [2.24, 2.45) is 5.73 Å². The lowest BCUT2D eigenvalue weighted by Gasteiger charge is -2.09. The number of aromatic nitrogens is 1. The van der Waals surface area contributed by atoms with E-state index in [-0.39, 0.29) is 5.56 Å².